The Labute approximate surface area is 77.9 Å². The lowest BCUT2D eigenvalue weighted by molar-refractivity contribution is 0.483. The predicted octanol–water partition coefficient (Wildman–Crippen LogP) is 3.34. The first kappa shape index (κ1) is 12.0. The molecule has 0 fully saturated rings. The molecule has 0 saturated carbocycles. The molecule has 1 N–H and O–H groups in total. The van der Waals surface area contributed by atoms with Crippen molar-refractivity contribution in [2.45, 2.75) is 65.3 Å². The first-order chi connectivity index (χ1) is 5.81. The maximum Gasteiger partial charge on any atom is 0.00387 e. The van der Waals surface area contributed by atoms with Crippen LogP contribution in [0.1, 0.15) is 59.3 Å². The lowest BCUT2D eigenvalue weighted by Gasteiger charge is -2.12. The van der Waals surface area contributed by atoms with Gasteiger partial charge in [0.05, 0.1) is 0 Å². The van der Waals surface area contributed by atoms with Gasteiger partial charge in [-0.05, 0) is 26.3 Å². The fourth-order valence-corrected chi connectivity index (χ4v) is 1.34. The first-order valence-electron chi connectivity index (χ1n) is 5.54. The van der Waals surface area contributed by atoms with Crippen LogP contribution < -0.4 is 5.32 Å². The molecule has 0 aliphatic rings. The van der Waals surface area contributed by atoms with Crippen LogP contribution >= 0.6 is 0 Å². The van der Waals surface area contributed by atoms with E-state index >= 15 is 0 Å². The highest BCUT2D eigenvalue weighted by molar-refractivity contribution is 4.59. The van der Waals surface area contributed by atoms with E-state index in [9.17, 15) is 0 Å². The molecule has 0 saturated heterocycles. The molecule has 0 bridgehead atoms. The molecule has 0 rings (SSSR count). The normalized spacial score (nSPS) is 13.2. The summed E-state index contributed by atoms with van der Waals surface area (Å²) in [5, 5.41) is 3.55. The summed E-state index contributed by atoms with van der Waals surface area (Å²) in [4.78, 5) is 0. The van der Waals surface area contributed by atoms with Crippen LogP contribution in [0.5, 0.6) is 0 Å². The lowest BCUT2D eigenvalue weighted by Crippen LogP contribution is -2.26. The smallest absolute Gasteiger partial charge is 0.00387 e. The van der Waals surface area contributed by atoms with Gasteiger partial charge in [0.2, 0.25) is 0 Å². The number of nitrogens with one attached hydrogen (secondary N) is 1. The molecule has 0 aromatic rings. The van der Waals surface area contributed by atoms with Crippen molar-refractivity contribution >= 4 is 0 Å². The summed E-state index contributed by atoms with van der Waals surface area (Å²) in [6.07, 6.45) is 8.05. The highest BCUT2D eigenvalue weighted by Gasteiger charge is 1.98. The maximum atomic E-state index is 3.55. The van der Waals surface area contributed by atoms with Crippen LogP contribution in [0.15, 0.2) is 0 Å². The third kappa shape index (κ3) is 8.06. The zero-order valence-electron chi connectivity index (χ0n) is 9.03. The molecule has 0 heterocycles. The lowest BCUT2D eigenvalue weighted by atomic mass is 10.1. The monoisotopic (exact) mass is 171 g/mol. The molecular formula is C11H25N. The zero-order chi connectivity index (χ0) is 9.23. The van der Waals surface area contributed by atoms with Crippen molar-refractivity contribution in [3.63, 3.8) is 0 Å². The molecule has 0 aromatic heterocycles. The van der Waals surface area contributed by atoms with Gasteiger partial charge in [-0.15, -0.1) is 0 Å². The minimum Gasteiger partial charge on any atom is -0.314 e. The predicted molar refractivity (Wildman–Crippen MR) is 56.5 cm³/mol. The van der Waals surface area contributed by atoms with E-state index in [2.05, 4.69) is 26.1 Å². The summed E-state index contributed by atoms with van der Waals surface area (Å²) in [7, 11) is 0. The van der Waals surface area contributed by atoms with Crippen molar-refractivity contribution in [1.29, 1.82) is 0 Å². The molecule has 0 amide bonds. The first-order valence-corrected chi connectivity index (χ1v) is 5.54. The molecule has 74 valence electrons. The summed E-state index contributed by atoms with van der Waals surface area (Å²) in [5.41, 5.74) is 0. The molecule has 12 heavy (non-hydrogen) atoms. The molecule has 0 radical (unpaired) electrons. The Morgan fingerprint density at radius 3 is 2.25 bits per heavy atom. The van der Waals surface area contributed by atoms with Gasteiger partial charge < -0.3 is 5.32 Å². The van der Waals surface area contributed by atoms with Crippen molar-refractivity contribution in [3.05, 3.63) is 0 Å². The average Bonchev–Trinajstić information content (AvgIpc) is 2.09. The van der Waals surface area contributed by atoms with E-state index in [1.165, 1.54) is 45.1 Å². The van der Waals surface area contributed by atoms with Crippen LogP contribution in [-0.4, -0.2) is 12.6 Å². The molecule has 0 aromatic carbocycles. The molecule has 1 nitrogen and oxygen atoms in total. The van der Waals surface area contributed by atoms with Crippen molar-refractivity contribution < 1.29 is 0 Å². The maximum absolute atomic E-state index is 3.55. The minimum atomic E-state index is 0.724. The van der Waals surface area contributed by atoms with E-state index in [4.69, 9.17) is 0 Å². The van der Waals surface area contributed by atoms with Crippen LogP contribution in [0.25, 0.3) is 0 Å². The van der Waals surface area contributed by atoms with Gasteiger partial charge in [-0.3, -0.25) is 0 Å². The van der Waals surface area contributed by atoms with Crippen LogP contribution in [-0.2, 0) is 0 Å². The van der Waals surface area contributed by atoms with Gasteiger partial charge in [-0.1, -0.05) is 39.5 Å². The van der Waals surface area contributed by atoms with Crippen LogP contribution in [0.2, 0.25) is 0 Å². The quantitative estimate of drug-likeness (QED) is 0.552. The fourth-order valence-electron chi connectivity index (χ4n) is 1.34. The molecule has 0 aliphatic carbocycles. The van der Waals surface area contributed by atoms with Crippen LogP contribution in [0.3, 0.4) is 0 Å². The van der Waals surface area contributed by atoms with Crippen molar-refractivity contribution in [2.75, 3.05) is 6.54 Å². The SMILES string of the molecule is CCCCCN[C@@H](C)CCCC. The van der Waals surface area contributed by atoms with E-state index in [-0.39, 0.29) is 0 Å². The van der Waals surface area contributed by atoms with Crippen molar-refractivity contribution in [3.8, 4) is 0 Å². The number of unbranched alkanes of at least 4 members (excludes halogenated alkanes) is 3. The van der Waals surface area contributed by atoms with Gasteiger partial charge in [0.15, 0.2) is 0 Å². The average molecular weight is 171 g/mol. The molecule has 1 heteroatoms. The second kappa shape index (κ2) is 9.05. The van der Waals surface area contributed by atoms with Crippen LogP contribution in [0, 0.1) is 0 Å². The molecule has 0 spiro atoms. The van der Waals surface area contributed by atoms with E-state index in [1.807, 2.05) is 0 Å². The third-order valence-corrected chi connectivity index (χ3v) is 2.26. The van der Waals surface area contributed by atoms with E-state index < -0.39 is 0 Å². The second-order valence-corrected chi connectivity index (χ2v) is 3.70. The minimum absolute atomic E-state index is 0.724. The molecule has 0 unspecified atom stereocenters. The van der Waals surface area contributed by atoms with Crippen molar-refractivity contribution in [1.82, 2.24) is 5.32 Å². The Kier molecular flexibility index (Phi) is 9.02. The summed E-state index contributed by atoms with van der Waals surface area (Å²) in [6, 6.07) is 0.724. The second-order valence-electron chi connectivity index (χ2n) is 3.70. The van der Waals surface area contributed by atoms with E-state index in [0.717, 1.165) is 6.04 Å². The Hall–Kier alpha value is -0.0400. The third-order valence-electron chi connectivity index (χ3n) is 2.26. The summed E-state index contributed by atoms with van der Waals surface area (Å²) in [6.45, 7) is 8.00. The number of hydrogen-bond donors (Lipinski definition) is 1. The molecule has 1 atom stereocenters. The van der Waals surface area contributed by atoms with Gasteiger partial charge in [0.25, 0.3) is 0 Å². The summed E-state index contributed by atoms with van der Waals surface area (Å²) < 4.78 is 0. The van der Waals surface area contributed by atoms with Gasteiger partial charge in [0.1, 0.15) is 0 Å². The van der Waals surface area contributed by atoms with Crippen molar-refractivity contribution in [2.24, 2.45) is 0 Å². The Bertz CT molecular complexity index is 81.1. The highest BCUT2D eigenvalue weighted by atomic mass is 14.9. The number of hydrogen-bond acceptors (Lipinski definition) is 1. The van der Waals surface area contributed by atoms with Gasteiger partial charge in [-0.25, -0.2) is 0 Å². The van der Waals surface area contributed by atoms with E-state index in [0.29, 0.717) is 0 Å². The molecular weight excluding hydrogens is 146 g/mol. The zero-order valence-corrected chi connectivity index (χ0v) is 9.03. The fraction of sp³-hybridized carbons (Fsp3) is 1.00. The Morgan fingerprint density at radius 2 is 1.67 bits per heavy atom. The Morgan fingerprint density at radius 1 is 1.00 bits per heavy atom. The summed E-state index contributed by atoms with van der Waals surface area (Å²) in [5.74, 6) is 0. The summed E-state index contributed by atoms with van der Waals surface area (Å²) >= 11 is 0. The molecule has 0 aliphatic heterocycles. The van der Waals surface area contributed by atoms with Gasteiger partial charge in [-0.2, -0.15) is 0 Å². The van der Waals surface area contributed by atoms with Crippen LogP contribution in [0.4, 0.5) is 0 Å². The highest BCUT2D eigenvalue weighted by Crippen LogP contribution is 2.00. The Balaban J connectivity index is 3.02. The van der Waals surface area contributed by atoms with E-state index in [1.54, 1.807) is 0 Å². The number of rotatable bonds is 8. The topological polar surface area (TPSA) is 12.0 Å². The standard InChI is InChI=1S/C11H25N/c1-4-6-8-10-12-11(3)9-7-5-2/h11-12H,4-10H2,1-3H3/t11-/m0/s1. The van der Waals surface area contributed by atoms with Gasteiger partial charge in [0, 0.05) is 6.04 Å². The largest absolute Gasteiger partial charge is 0.314 e. The van der Waals surface area contributed by atoms with Gasteiger partial charge >= 0.3 is 0 Å².